The van der Waals surface area contributed by atoms with Gasteiger partial charge in [0.25, 0.3) is 0 Å². The number of aliphatic hydroxyl groups is 1. The van der Waals surface area contributed by atoms with Crippen molar-refractivity contribution in [3.63, 3.8) is 0 Å². The minimum Gasteiger partial charge on any atom is -0.423 e. The van der Waals surface area contributed by atoms with Gasteiger partial charge in [-0.1, -0.05) is 25.5 Å². The minimum absolute atomic E-state index is 0.180. The van der Waals surface area contributed by atoms with E-state index >= 15 is 0 Å². The number of benzene rings is 1. The van der Waals surface area contributed by atoms with Crippen LogP contribution < -0.4 is 5.63 Å². The average Bonchev–Trinajstić information content (AvgIpc) is 2.54. The van der Waals surface area contributed by atoms with Gasteiger partial charge in [0.2, 0.25) is 0 Å². The highest BCUT2D eigenvalue weighted by atomic mass is 16.4. The molecule has 1 fully saturated rings. The zero-order chi connectivity index (χ0) is 15.5. The molecule has 0 amide bonds. The van der Waals surface area contributed by atoms with E-state index in [0.29, 0.717) is 12.1 Å². The van der Waals surface area contributed by atoms with Gasteiger partial charge in [-0.15, -0.1) is 0 Å². The fourth-order valence-electron chi connectivity index (χ4n) is 3.32. The van der Waals surface area contributed by atoms with E-state index in [2.05, 4.69) is 17.9 Å². The number of piperidine rings is 1. The molecule has 22 heavy (non-hydrogen) atoms. The molecule has 1 aromatic carbocycles. The Balaban J connectivity index is 1.97. The number of hydrogen-bond donors (Lipinski definition) is 1. The van der Waals surface area contributed by atoms with E-state index in [1.54, 1.807) is 6.07 Å². The monoisotopic (exact) mass is 301 g/mol. The van der Waals surface area contributed by atoms with E-state index in [1.165, 1.54) is 12.0 Å². The van der Waals surface area contributed by atoms with Crippen LogP contribution in [-0.2, 0) is 13.0 Å². The molecule has 0 bridgehead atoms. The lowest BCUT2D eigenvalue weighted by molar-refractivity contribution is 0.0843. The van der Waals surface area contributed by atoms with Gasteiger partial charge in [-0.25, -0.2) is 4.79 Å². The van der Waals surface area contributed by atoms with Crippen LogP contribution in [0.1, 0.15) is 37.3 Å². The smallest absolute Gasteiger partial charge is 0.336 e. The van der Waals surface area contributed by atoms with Gasteiger partial charge >= 0.3 is 5.63 Å². The summed E-state index contributed by atoms with van der Waals surface area (Å²) in [5.74, 6) is 0. The summed E-state index contributed by atoms with van der Waals surface area (Å²) in [6, 6.07) is 7.89. The van der Waals surface area contributed by atoms with Crippen LogP contribution >= 0.6 is 0 Å². The standard InChI is InChI=1S/C18H23NO3/c1-2-13-6-7-16-14(10-18(21)22-17(16)9-13)11-19-8-4-3-5-15(19)12-20/h6-7,9-10,15,20H,2-5,8,11-12H2,1H3. The molecular weight excluding hydrogens is 278 g/mol. The Hall–Kier alpha value is -1.65. The Morgan fingerprint density at radius 3 is 2.95 bits per heavy atom. The Morgan fingerprint density at radius 1 is 1.32 bits per heavy atom. The molecule has 1 atom stereocenters. The van der Waals surface area contributed by atoms with Gasteiger partial charge < -0.3 is 9.52 Å². The third-order valence-electron chi connectivity index (χ3n) is 4.64. The molecule has 1 aromatic heterocycles. The summed E-state index contributed by atoms with van der Waals surface area (Å²) < 4.78 is 5.36. The Kier molecular flexibility index (Phi) is 4.60. The molecule has 0 radical (unpaired) electrons. The number of rotatable bonds is 4. The zero-order valence-electron chi connectivity index (χ0n) is 13.0. The molecule has 1 aliphatic heterocycles. The predicted octanol–water partition coefficient (Wildman–Crippen LogP) is 2.70. The fourth-order valence-corrected chi connectivity index (χ4v) is 3.32. The summed E-state index contributed by atoms with van der Waals surface area (Å²) in [6.45, 7) is 3.93. The fraction of sp³-hybridized carbons (Fsp3) is 0.500. The van der Waals surface area contributed by atoms with Crippen LogP contribution in [0, 0.1) is 0 Å². The molecule has 1 aliphatic rings. The second-order valence-electron chi connectivity index (χ2n) is 6.08. The maximum Gasteiger partial charge on any atom is 0.336 e. The second-order valence-corrected chi connectivity index (χ2v) is 6.08. The van der Waals surface area contributed by atoms with Crippen molar-refractivity contribution < 1.29 is 9.52 Å². The van der Waals surface area contributed by atoms with Crippen molar-refractivity contribution in [3.05, 3.63) is 45.8 Å². The first kappa shape index (κ1) is 15.3. The first-order valence-corrected chi connectivity index (χ1v) is 8.12. The first-order valence-electron chi connectivity index (χ1n) is 8.12. The van der Waals surface area contributed by atoms with Crippen LogP contribution in [0.2, 0.25) is 0 Å². The molecule has 2 heterocycles. The largest absolute Gasteiger partial charge is 0.423 e. The van der Waals surface area contributed by atoms with Gasteiger partial charge in [-0.05, 0) is 43.0 Å². The third-order valence-corrected chi connectivity index (χ3v) is 4.64. The van der Waals surface area contributed by atoms with Gasteiger partial charge in [0.1, 0.15) is 5.58 Å². The number of aryl methyl sites for hydroxylation is 1. The van der Waals surface area contributed by atoms with E-state index in [4.69, 9.17) is 4.42 Å². The lowest BCUT2D eigenvalue weighted by Crippen LogP contribution is -2.41. The normalized spacial score (nSPS) is 19.6. The minimum atomic E-state index is -0.298. The van der Waals surface area contributed by atoms with Gasteiger partial charge in [-0.2, -0.15) is 0 Å². The van der Waals surface area contributed by atoms with Crippen LogP contribution in [0.15, 0.2) is 33.5 Å². The van der Waals surface area contributed by atoms with E-state index in [9.17, 15) is 9.90 Å². The molecule has 1 unspecified atom stereocenters. The van der Waals surface area contributed by atoms with Gasteiger partial charge in [0.15, 0.2) is 0 Å². The summed E-state index contributed by atoms with van der Waals surface area (Å²) in [5, 5.41) is 10.6. The van der Waals surface area contributed by atoms with Crippen molar-refractivity contribution in [1.82, 2.24) is 4.90 Å². The average molecular weight is 301 g/mol. The first-order chi connectivity index (χ1) is 10.7. The molecule has 2 aromatic rings. The van der Waals surface area contributed by atoms with Crippen molar-refractivity contribution in [3.8, 4) is 0 Å². The number of aliphatic hydroxyl groups excluding tert-OH is 1. The molecule has 3 rings (SSSR count). The van der Waals surface area contributed by atoms with E-state index in [-0.39, 0.29) is 18.3 Å². The lowest BCUT2D eigenvalue weighted by atomic mass is 10.0. The number of fused-ring (bicyclic) bond motifs is 1. The molecule has 0 aliphatic carbocycles. The highest BCUT2D eigenvalue weighted by Crippen LogP contribution is 2.24. The number of nitrogens with zero attached hydrogens (tertiary/aromatic N) is 1. The summed E-state index contributed by atoms with van der Waals surface area (Å²) in [7, 11) is 0. The highest BCUT2D eigenvalue weighted by Gasteiger charge is 2.22. The molecular formula is C18H23NO3. The SMILES string of the molecule is CCc1ccc2c(CN3CCCCC3CO)cc(=O)oc2c1. The summed E-state index contributed by atoms with van der Waals surface area (Å²) in [4.78, 5) is 14.1. The summed E-state index contributed by atoms with van der Waals surface area (Å²) in [5.41, 5.74) is 2.53. The topological polar surface area (TPSA) is 53.7 Å². The zero-order valence-corrected chi connectivity index (χ0v) is 13.0. The van der Waals surface area contributed by atoms with E-state index in [1.807, 2.05) is 12.1 Å². The number of likely N-dealkylation sites (tertiary alicyclic amines) is 1. The molecule has 118 valence electrons. The Morgan fingerprint density at radius 2 is 2.18 bits per heavy atom. The van der Waals surface area contributed by atoms with Gasteiger partial charge in [0, 0.05) is 24.0 Å². The molecule has 4 nitrogen and oxygen atoms in total. The van der Waals surface area contributed by atoms with Crippen molar-refractivity contribution >= 4 is 11.0 Å². The van der Waals surface area contributed by atoms with Gasteiger partial charge in [0.05, 0.1) is 6.61 Å². The van der Waals surface area contributed by atoms with Crippen molar-refractivity contribution in [1.29, 1.82) is 0 Å². The molecule has 1 N–H and O–H groups in total. The maximum atomic E-state index is 11.9. The maximum absolute atomic E-state index is 11.9. The summed E-state index contributed by atoms with van der Waals surface area (Å²) in [6.07, 6.45) is 4.26. The molecule has 4 heteroatoms. The molecule has 1 saturated heterocycles. The Bertz CT molecular complexity index is 707. The van der Waals surface area contributed by atoms with E-state index < -0.39 is 0 Å². The van der Waals surface area contributed by atoms with Gasteiger partial charge in [-0.3, -0.25) is 4.90 Å². The third kappa shape index (κ3) is 3.08. The highest BCUT2D eigenvalue weighted by molar-refractivity contribution is 5.80. The second kappa shape index (κ2) is 6.63. The van der Waals surface area contributed by atoms with Crippen LogP contribution in [-0.4, -0.2) is 29.2 Å². The quantitative estimate of drug-likeness (QED) is 0.882. The summed E-state index contributed by atoms with van der Waals surface area (Å²) >= 11 is 0. The molecule has 0 spiro atoms. The van der Waals surface area contributed by atoms with Crippen LogP contribution in [0.5, 0.6) is 0 Å². The van der Waals surface area contributed by atoms with E-state index in [0.717, 1.165) is 36.8 Å². The molecule has 0 saturated carbocycles. The number of hydrogen-bond acceptors (Lipinski definition) is 4. The van der Waals surface area contributed by atoms with Crippen molar-refractivity contribution in [2.75, 3.05) is 13.2 Å². The Labute approximate surface area is 130 Å². The van der Waals surface area contributed by atoms with Crippen molar-refractivity contribution in [2.24, 2.45) is 0 Å². The van der Waals surface area contributed by atoms with Crippen LogP contribution in [0.25, 0.3) is 11.0 Å². The van der Waals surface area contributed by atoms with Crippen molar-refractivity contribution in [2.45, 2.75) is 45.2 Å². The van der Waals surface area contributed by atoms with Crippen LogP contribution in [0.3, 0.4) is 0 Å². The predicted molar refractivity (Wildman–Crippen MR) is 87.0 cm³/mol. The lowest BCUT2D eigenvalue weighted by Gasteiger charge is -2.34. The van der Waals surface area contributed by atoms with Crippen LogP contribution in [0.4, 0.5) is 0 Å².